The summed E-state index contributed by atoms with van der Waals surface area (Å²) in [7, 11) is 1.78. The molecule has 0 unspecified atom stereocenters. The van der Waals surface area contributed by atoms with Crippen molar-refractivity contribution in [3.8, 4) is 5.75 Å². The number of aromatic hydroxyl groups is 1. The molecular weight excluding hydrogens is 190 g/mol. The number of hydrogen-bond acceptors (Lipinski definition) is 2. The van der Waals surface area contributed by atoms with Gasteiger partial charge in [-0.1, -0.05) is 18.2 Å². The lowest BCUT2D eigenvalue weighted by Crippen LogP contribution is -2.27. The summed E-state index contributed by atoms with van der Waals surface area (Å²) in [5.41, 5.74) is 0.800. The maximum Gasteiger partial charge on any atom is 0.225 e. The van der Waals surface area contributed by atoms with Gasteiger partial charge in [0.1, 0.15) is 5.75 Å². The summed E-state index contributed by atoms with van der Waals surface area (Å²) >= 11 is 0. The van der Waals surface area contributed by atoms with Gasteiger partial charge in [-0.2, -0.15) is 0 Å². The maximum atomic E-state index is 11.7. The Morgan fingerprint density at radius 2 is 2.13 bits per heavy atom. The molecule has 0 aliphatic heterocycles. The molecule has 1 fully saturated rings. The van der Waals surface area contributed by atoms with Crippen molar-refractivity contribution in [2.24, 2.45) is 5.92 Å². The molecule has 1 aliphatic rings. The van der Waals surface area contributed by atoms with Crippen LogP contribution in [0.5, 0.6) is 5.75 Å². The van der Waals surface area contributed by atoms with Crippen LogP contribution >= 0.6 is 0 Å². The minimum absolute atomic E-state index is 0.193. The first-order valence-electron chi connectivity index (χ1n) is 5.20. The van der Waals surface area contributed by atoms with Crippen molar-refractivity contribution in [2.45, 2.75) is 19.4 Å². The highest BCUT2D eigenvalue weighted by molar-refractivity contribution is 5.80. The van der Waals surface area contributed by atoms with Gasteiger partial charge in [0.05, 0.1) is 0 Å². The van der Waals surface area contributed by atoms with Crippen LogP contribution in [0, 0.1) is 5.92 Å². The van der Waals surface area contributed by atoms with E-state index in [4.69, 9.17) is 0 Å². The van der Waals surface area contributed by atoms with E-state index in [1.807, 2.05) is 12.1 Å². The number of para-hydroxylation sites is 1. The molecule has 1 saturated carbocycles. The van der Waals surface area contributed by atoms with Crippen molar-refractivity contribution in [3.05, 3.63) is 29.8 Å². The molecule has 0 atom stereocenters. The summed E-state index contributed by atoms with van der Waals surface area (Å²) in [6.07, 6.45) is 2.04. The first-order valence-corrected chi connectivity index (χ1v) is 5.20. The Kier molecular flexibility index (Phi) is 2.62. The Morgan fingerprint density at radius 1 is 1.47 bits per heavy atom. The van der Waals surface area contributed by atoms with Crippen LogP contribution in [-0.4, -0.2) is 23.0 Å². The number of benzene rings is 1. The molecule has 0 saturated heterocycles. The molecule has 0 radical (unpaired) electrons. The minimum atomic E-state index is 0.193. The molecule has 15 heavy (non-hydrogen) atoms. The van der Waals surface area contributed by atoms with Crippen molar-refractivity contribution >= 4 is 5.91 Å². The summed E-state index contributed by atoms with van der Waals surface area (Å²) in [6, 6.07) is 7.13. The van der Waals surface area contributed by atoms with Gasteiger partial charge >= 0.3 is 0 Å². The highest BCUT2D eigenvalue weighted by Crippen LogP contribution is 2.31. The molecule has 1 aromatic rings. The summed E-state index contributed by atoms with van der Waals surface area (Å²) in [5.74, 6) is 0.687. The summed E-state index contributed by atoms with van der Waals surface area (Å²) in [6.45, 7) is 0.488. The molecular formula is C12H15NO2. The van der Waals surface area contributed by atoms with E-state index in [0.29, 0.717) is 6.54 Å². The van der Waals surface area contributed by atoms with Crippen molar-refractivity contribution < 1.29 is 9.90 Å². The molecule has 1 aromatic carbocycles. The SMILES string of the molecule is CN(Cc1ccccc1O)C(=O)C1CC1. The van der Waals surface area contributed by atoms with E-state index in [1.165, 1.54) is 0 Å². The summed E-state index contributed by atoms with van der Waals surface area (Å²) in [5, 5.41) is 9.56. The number of carbonyl (C=O) groups is 1. The van der Waals surface area contributed by atoms with E-state index in [1.54, 1.807) is 24.1 Å². The van der Waals surface area contributed by atoms with Crippen LogP contribution in [0.1, 0.15) is 18.4 Å². The lowest BCUT2D eigenvalue weighted by Gasteiger charge is -2.17. The molecule has 2 rings (SSSR count). The largest absolute Gasteiger partial charge is 0.508 e. The van der Waals surface area contributed by atoms with Crippen LogP contribution in [0.4, 0.5) is 0 Å². The Morgan fingerprint density at radius 3 is 2.73 bits per heavy atom. The lowest BCUT2D eigenvalue weighted by molar-refractivity contribution is -0.131. The molecule has 3 nitrogen and oxygen atoms in total. The smallest absolute Gasteiger partial charge is 0.225 e. The van der Waals surface area contributed by atoms with Crippen molar-refractivity contribution in [2.75, 3.05) is 7.05 Å². The average molecular weight is 205 g/mol. The second-order valence-electron chi connectivity index (χ2n) is 4.10. The van der Waals surface area contributed by atoms with Crippen LogP contribution in [-0.2, 0) is 11.3 Å². The van der Waals surface area contributed by atoms with E-state index in [-0.39, 0.29) is 17.6 Å². The fourth-order valence-corrected chi connectivity index (χ4v) is 1.62. The van der Waals surface area contributed by atoms with Gasteiger partial charge in [0.2, 0.25) is 5.91 Å². The zero-order chi connectivity index (χ0) is 10.8. The molecule has 1 N–H and O–H groups in total. The van der Waals surface area contributed by atoms with Crippen LogP contribution in [0.15, 0.2) is 24.3 Å². The maximum absolute atomic E-state index is 11.7. The van der Waals surface area contributed by atoms with Crippen molar-refractivity contribution in [1.82, 2.24) is 4.90 Å². The average Bonchev–Trinajstić information content (AvgIpc) is 3.04. The quantitative estimate of drug-likeness (QED) is 0.816. The Hall–Kier alpha value is -1.51. The van der Waals surface area contributed by atoms with Gasteiger partial charge in [-0.15, -0.1) is 0 Å². The van der Waals surface area contributed by atoms with Crippen LogP contribution < -0.4 is 0 Å². The number of nitrogens with zero attached hydrogens (tertiary/aromatic N) is 1. The third kappa shape index (κ3) is 2.29. The van der Waals surface area contributed by atoms with Gasteiger partial charge in [-0.05, 0) is 18.9 Å². The highest BCUT2D eigenvalue weighted by Gasteiger charge is 2.32. The monoisotopic (exact) mass is 205 g/mol. The van der Waals surface area contributed by atoms with Gasteiger partial charge in [-0.3, -0.25) is 4.79 Å². The fourth-order valence-electron chi connectivity index (χ4n) is 1.62. The van der Waals surface area contributed by atoms with Gasteiger partial charge in [0, 0.05) is 25.1 Å². The molecule has 0 bridgehead atoms. The van der Waals surface area contributed by atoms with Gasteiger partial charge in [-0.25, -0.2) is 0 Å². The van der Waals surface area contributed by atoms with E-state index in [9.17, 15) is 9.90 Å². The molecule has 1 amide bonds. The first kappa shape index (κ1) is 10.0. The Bertz CT molecular complexity index is 372. The number of carbonyl (C=O) groups excluding carboxylic acids is 1. The van der Waals surface area contributed by atoms with Gasteiger partial charge in [0.25, 0.3) is 0 Å². The molecule has 3 heteroatoms. The predicted octanol–water partition coefficient (Wildman–Crippen LogP) is 1.76. The van der Waals surface area contributed by atoms with E-state index < -0.39 is 0 Å². The molecule has 80 valence electrons. The Labute approximate surface area is 89.3 Å². The lowest BCUT2D eigenvalue weighted by atomic mass is 10.2. The Balaban J connectivity index is 2.01. The second kappa shape index (κ2) is 3.93. The van der Waals surface area contributed by atoms with E-state index in [2.05, 4.69) is 0 Å². The molecule has 1 aliphatic carbocycles. The molecule has 0 spiro atoms. The third-order valence-electron chi connectivity index (χ3n) is 2.70. The molecule has 0 heterocycles. The van der Waals surface area contributed by atoms with Gasteiger partial charge < -0.3 is 10.0 Å². The van der Waals surface area contributed by atoms with Crippen LogP contribution in [0.25, 0.3) is 0 Å². The van der Waals surface area contributed by atoms with Crippen LogP contribution in [0.2, 0.25) is 0 Å². The second-order valence-corrected chi connectivity index (χ2v) is 4.10. The third-order valence-corrected chi connectivity index (χ3v) is 2.70. The topological polar surface area (TPSA) is 40.5 Å². The standard InChI is InChI=1S/C12H15NO2/c1-13(12(15)9-6-7-9)8-10-4-2-3-5-11(10)14/h2-5,9,14H,6-8H2,1H3. The van der Waals surface area contributed by atoms with E-state index in [0.717, 1.165) is 18.4 Å². The number of rotatable bonds is 3. The normalized spacial score (nSPS) is 15.0. The zero-order valence-corrected chi connectivity index (χ0v) is 8.81. The van der Waals surface area contributed by atoms with Crippen molar-refractivity contribution in [3.63, 3.8) is 0 Å². The van der Waals surface area contributed by atoms with Crippen LogP contribution in [0.3, 0.4) is 0 Å². The van der Waals surface area contributed by atoms with Crippen molar-refractivity contribution in [1.29, 1.82) is 0 Å². The van der Waals surface area contributed by atoms with Gasteiger partial charge in [0.15, 0.2) is 0 Å². The fraction of sp³-hybridized carbons (Fsp3) is 0.417. The number of hydrogen-bond donors (Lipinski definition) is 1. The number of amides is 1. The summed E-state index contributed by atoms with van der Waals surface area (Å²) < 4.78 is 0. The predicted molar refractivity (Wildman–Crippen MR) is 57.3 cm³/mol. The number of phenols is 1. The minimum Gasteiger partial charge on any atom is -0.508 e. The first-order chi connectivity index (χ1) is 7.18. The molecule has 0 aromatic heterocycles. The number of phenolic OH excluding ortho intramolecular Hbond substituents is 1. The zero-order valence-electron chi connectivity index (χ0n) is 8.81. The highest BCUT2D eigenvalue weighted by atomic mass is 16.3. The van der Waals surface area contributed by atoms with E-state index >= 15 is 0 Å². The summed E-state index contributed by atoms with van der Waals surface area (Å²) in [4.78, 5) is 13.4.